The lowest BCUT2D eigenvalue weighted by Gasteiger charge is -2.32. The van der Waals surface area contributed by atoms with Crippen LogP contribution in [-0.2, 0) is 4.79 Å². The molecule has 0 radical (unpaired) electrons. The lowest BCUT2D eigenvalue weighted by atomic mass is 10.1. The van der Waals surface area contributed by atoms with E-state index < -0.39 is 0 Å². The molecule has 1 aliphatic rings. The number of likely N-dealkylation sites (tertiary alicyclic amines) is 1. The SMILES string of the molecule is CCCC(=O)N1CCCC(Oc2cncc(OC)n2)C1. The first-order valence-corrected chi connectivity index (χ1v) is 7.03. The zero-order valence-corrected chi connectivity index (χ0v) is 12.0. The van der Waals surface area contributed by atoms with Crippen LogP contribution in [0.1, 0.15) is 32.6 Å². The van der Waals surface area contributed by atoms with Crippen molar-refractivity contribution in [2.45, 2.75) is 38.7 Å². The summed E-state index contributed by atoms with van der Waals surface area (Å²) < 4.78 is 10.8. The molecule has 6 heteroatoms. The number of nitrogens with zero attached hydrogens (tertiary/aromatic N) is 3. The average molecular weight is 279 g/mol. The van der Waals surface area contributed by atoms with Gasteiger partial charge in [-0.1, -0.05) is 6.92 Å². The zero-order valence-electron chi connectivity index (χ0n) is 12.0. The van der Waals surface area contributed by atoms with Gasteiger partial charge in [-0.3, -0.25) is 9.78 Å². The van der Waals surface area contributed by atoms with Crippen molar-refractivity contribution >= 4 is 5.91 Å². The summed E-state index contributed by atoms with van der Waals surface area (Å²) >= 11 is 0. The largest absolute Gasteiger partial charge is 0.480 e. The fourth-order valence-corrected chi connectivity index (χ4v) is 2.29. The number of carbonyl (C=O) groups is 1. The predicted octanol–water partition coefficient (Wildman–Crippen LogP) is 1.66. The maximum atomic E-state index is 11.9. The van der Waals surface area contributed by atoms with Gasteiger partial charge in [-0.2, -0.15) is 4.98 Å². The number of aromatic nitrogens is 2. The third kappa shape index (κ3) is 3.82. The van der Waals surface area contributed by atoms with Crippen LogP contribution in [0.2, 0.25) is 0 Å². The van der Waals surface area contributed by atoms with Crippen LogP contribution in [0.4, 0.5) is 0 Å². The number of hydrogen-bond acceptors (Lipinski definition) is 5. The summed E-state index contributed by atoms with van der Waals surface area (Å²) in [5.74, 6) is 1.08. The van der Waals surface area contributed by atoms with Gasteiger partial charge in [-0.05, 0) is 19.3 Å². The molecule has 1 saturated heterocycles. The maximum absolute atomic E-state index is 11.9. The molecule has 0 saturated carbocycles. The van der Waals surface area contributed by atoms with E-state index in [1.165, 1.54) is 6.20 Å². The maximum Gasteiger partial charge on any atom is 0.235 e. The molecular formula is C14H21N3O3. The summed E-state index contributed by atoms with van der Waals surface area (Å²) in [4.78, 5) is 22.0. The summed E-state index contributed by atoms with van der Waals surface area (Å²) in [7, 11) is 1.54. The summed E-state index contributed by atoms with van der Waals surface area (Å²) in [6, 6.07) is 0. The second kappa shape index (κ2) is 7.07. The minimum absolute atomic E-state index is 0.0223. The lowest BCUT2D eigenvalue weighted by Crippen LogP contribution is -2.44. The zero-order chi connectivity index (χ0) is 14.4. The standard InChI is InChI=1S/C14H21N3O3/c1-3-5-14(18)17-7-4-6-11(10-17)20-13-9-15-8-12(16-13)19-2/h8-9,11H,3-7,10H2,1-2H3. The van der Waals surface area contributed by atoms with Crippen molar-refractivity contribution in [3.8, 4) is 11.8 Å². The molecule has 2 rings (SSSR count). The van der Waals surface area contributed by atoms with Crippen molar-refractivity contribution < 1.29 is 14.3 Å². The van der Waals surface area contributed by atoms with Crippen LogP contribution in [0.3, 0.4) is 0 Å². The normalized spacial score (nSPS) is 18.7. The Morgan fingerprint density at radius 3 is 3.00 bits per heavy atom. The van der Waals surface area contributed by atoms with Crippen LogP contribution < -0.4 is 9.47 Å². The molecular weight excluding hydrogens is 258 g/mol. The molecule has 1 atom stereocenters. The molecule has 20 heavy (non-hydrogen) atoms. The Bertz CT molecular complexity index is 453. The minimum atomic E-state index is -0.0223. The molecule has 0 bridgehead atoms. The van der Waals surface area contributed by atoms with E-state index in [4.69, 9.17) is 9.47 Å². The number of ether oxygens (including phenoxy) is 2. The molecule has 1 aromatic heterocycles. The summed E-state index contributed by atoms with van der Waals surface area (Å²) in [5.41, 5.74) is 0. The van der Waals surface area contributed by atoms with Gasteiger partial charge < -0.3 is 14.4 Å². The number of rotatable bonds is 5. The van der Waals surface area contributed by atoms with Gasteiger partial charge in [-0.15, -0.1) is 0 Å². The van der Waals surface area contributed by atoms with Crippen LogP contribution >= 0.6 is 0 Å². The minimum Gasteiger partial charge on any atom is -0.480 e. The highest BCUT2D eigenvalue weighted by Gasteiger charge is 2.24. The summed E-state index contributed by atoms with van der Waals surface area (Å²) in [5, 5.41) is 0. The number of carbonyl (C=O) groups excluding carboxylic acids is 1. The molecule has 0 N–H and O–H groups in total. The molecule has 0 aliphatic carbocycles. The van der Waals surface area contributed by atoms with Gasteiger partial charge in [0.15, 0.2) is 0 Å². The van der Waals surface area contributed by atoms with Gasteiger partial charge in [0.05, 0.1) is 26.0 Å². The van der Waals surface area contributed by atoms with Crippen molar-refractivity contribution in [3.63, 3.8) is 0 Å². The first kappa shape index (κ1) is 14.6. The topological polar surface area (TPSA) is 64.6 Å². The van der Waals surface area contributed by atoms with Crippen molar-refractivity contribution in [3.05, 3.63) is 12.4 Å². The van der Waals surface area contributed by atoms with Crippen LogP contribution in [0.25, 0.3) is 0 Å². The van der Waals surface area contributed by atoms with E-state index in [0.29, 0.717) is 24.7 Å². The van der Waals surface area contributed by atoms with E-state index in [-0.39, 0.29) is 12.0 Å². The molecule has 6 nitrogen and oxygen atoms in total. The van der Waals surface area contributed by atoms with Crippen molar-refractivity contribution in [2.75, 3.05) is 20.2 Å². The third-order valence-electron chi connectivity index (χ3n) is 3.28. The van der Waals surface area contributed by atoms with Crippen LogP contribution in [0, 0.1) is 0 Å². The van der Waals surface area contributed by atoms with E-state index in [9.17, 15) is 4.79 Å². The number of hydrogen-bond donors (Lipinski definition) is 0. The Hall–Kier alpha value is -1.85. The second-order valence-electron chi connectivity index (χ2n) is 4.87. The second-order valence-corrected chi connectivity index (χ2v) is 4.87. The number of piperidine rings is 1. The van der Waals surface area contributed by atoms with Gasteiger partial charge in [0.1, 0.15) is 6.10 Å². The van der Waals surface area contributed by atoms with Crippen molar-refractivity contribution in [2.24, 2.45) is 0 Å². The highest BCUT2D eigenvalue weighted by Crippen LogP contribution is 2.18. The van der Waals surface area contributed by atoms with E-state index >= 15 is 0 Å². The first-order chi connectivity index (χ1) is 9.72. The highest BCUT2D eigenvalue weighted by atomic mass is 16.5. The highest BCUT2D eigenvalue weighted by molar-refractivity contribution is 5.76. The fraction of sp³-hybridized carbons (Fsp3) is 0.643. The molecule has 0 aromatic carbocycles. The molecule has 2 heterocycles. The number of methoxy groups -OCH3 is 1. The molecule has 1 unspecified atom stereocenters. The smallest absolute Gasteiger partial charge is 0.235 e. The average Bonchev–Trinajstić information content (AvgIpc) is 2.48. The van der Waals surface area contributed by atoms with Gasteiger partial charge in [0.25, 0.3) is 0 Å². The molecule has 1 amide bonds. The quantitative estimate of drug-likeness (QED) is 0.820. The first-order valence-electron chi connectivity index (χ1n) is 7.03. The fourth-order valence-electron chi connectivity index (χ4n) is 2.29. The predicted molar refractivity (Wildman–Crippen MR) is 73.7 cm³/mol. The molecule has 1 fully saturated rings. The van der Waals surface area contributed by atoms with E-state index in [0.717, 1.165) is 25.8 Å². The molecule has 110 valence electrons. The summed E-state index contributed by atoms with van der Waals surface area (Å²) in [6.07, 6.45) is 6.44. The Balaban J connectivity index is 1.93. The lowest BCUT2D eigenvalue weighted by molar-refractivity contribution is -0.133. The number of amides is 1. The monoisotopic (exact) mass is 279 g/mol. The van der Waals surface area contributed by atoms with Gasteiger partial charge >= 0.3 is 0 Å². The van der Waals surface area contributed by atoms with Crippen molar-refractivity contribution in [1.29, 1.82) is 0 Å². The third-order valence-corrected chi connectivity index (χ3v) is 3.28. The van der Waals surface area contributed by atoms with E-state index in [1.807, 2.05) is 11.8 Å². The van der Waals surface area contributed by atoms with Crippen molar-refractivity contribution in [1.82, 2.24) is 14.9 Å². The van der Waals surface area contributed by atoms with Gasteiger partial charge in [0.2, 0.25) is 17.7 Å². The van der Waals surface area contributed by atoms with Gasteiger partial charge in [-0.25, -0.2) is 0 Å². The Morgan fingerprint density at radius 2 is 2.25 bits per heavy atom. The van der Waals surface area contributed by atoms with Crippen LogP contribution in [0.15, 0.2) is 12.4 Å². The summed E-state index contributed by atoms with van der Waals surface area (Å²) in [6.45, 7) is 3.46. The van der Waals surface area contributed by atoms with E-state index in [2.05, 4.69) is 9.97 Å². The Labute approximate surface area is 119 Å². The van der Waals surface area contributed by atoms with Crippen LogP contribution in [-0.4, -0.2) is 47.1 Å². The Morgan fingerprint density at radius 1 is 1.45 bits per heavy atom. The Kier molecular flexibility index (Phi) is 5.15. The van der Waals surface area contributed by atoms with Gasteiger partial charge in [0, 0.05) is 13.0 Å². The van der Waals surface area contributed by atoms with Crippen LogP contribution in [0.5, 0.6) is 11.8 Å². The molecule has 0 spiro atoms. The van der Waals surface area contributed by atoms with E-state index in [1.54, 1.807) is 13.3 Å². The molecule has 1 aromatic rings. The molecule has 1 aliphatic heterocycles.